The Morgan fingerprint density at radius 2 is 1.68 bits per heavy atom. The summed E-state index contributed by atoms with van der Waals surface area (Å²) in [6.07, 6.45) is 1.60. The molecule has 0 N–H and O–H groups in total. The van der Waals surface area contributed by atoms with Gasteiger partial charge in [0.05, 0.1) is 18.7 Å². The molecule has 2 rings (SSSR count). The van der Waals surface area contributed by atoms with Gasteiger partial charge in [-0.15, -0.1) is 0 Å². The summed E-state index contributed by atoms with van der Waals surface area (Å²) < 4.78 is 11.9. The van der Waals surface area contributed by atoms with Gasteiger partial charge in [0.25, 0.3) is 0 Å². The molecule has 0 unspecified atom stereocenters. The molecule has 0 amide bonds. The van der Waals surface area contributed by atoms with E-state index in [1.165, 1.54) is 0 Å². The Hall–Kier alpha value is -0.850. The van der Waals surface area contributed by atoms with Crippen molar-refractivity contribution in [2.75, 3.05) is 14.2 Å². The van der Waals surface area contributed by atoms with Gasteiger partial charge >= 0.3 is 0 Å². The lowest BCUT2D eigenvalue weighted by atomic mass is 10.2. The van der Waals surface area contributed by atoms with Crippen LogP contribution in [0.4, 0.5) is 0 Å². The Bertz CT molecular complexity index is 623. The van der Waals surface area contributed by atoms with E-state index >= 15 is 0 Å². The number of benzene rings is 1. The smallest absolute Gasteiger partial charge is 0.162 e. The lowest BCUT2D eigenvalue weighted by molar-refractivity contribution is 0.355. The molecule has 19 heavy (non-hydrogen) atoms. The third-order valence-electron chi connectivity index (χ3n) is 2.42. The van der Waals surface area contributed by atoms with Gasteiger partial charge in [0.1, 0.15) is 5.15 Å². The summed E-state index contributed by atoms with van der Waals surface area (Å²) in [6, 6.07) is 3.59. The number of aromatic nitrogens is 2. The van der Waals surface area contributed by atoms with Crippen molar-refractivity contribution in [3.05, 3.63) is 32.4 Å². The van der Waals surface area contributed by atoms with Crippen molar-refractivity contribution in [3.63, 3.8) is 0 Å². The summed E-state index contributed by atoms with van der Waals surface area (Å²) in [5, 5.41) is 0.353. The van der Waals surface area contributed by atoms with E-state index in [1.807, 2.05) is 0 Å². The van der Waals surface area contributed by atoms with Crippen LogP contribution in [0.1, 0.15) is 0 Å². The Morgan fingerprint density at radius 3 is 2.26 bits per heavy atom. The molecule has 0 atom stereocenters. The maximum atomic E-state index is 5.98. The van der Waals surface area contributed by atoms with Gasteiger partial charge < -0.3 is 9.47 Å². The molecule has 0 aliphatic heterocycles. The lowest BCUT2D eigenvalue weighted by Crippen LogP contribution is -1.95. The third-order valence-corrected chi connectivity index (χ3v) is 4.17. The standard InChI is InChI=1S/C12H9Br2ClN2O2/c1-18-9-3-6(7(13)4-10(9)19-2)12-16-5-8(14)11(15)17-12/h3-5H,1-2H3. The van der Waals surface area contributed by atoms with Gasteiger partial charge in [0, 0.05) is 16.2 Å². The highest BCUT2D eigenvalue weighted by atomic mass is 79.9. The van der Waals surface area contributed by atoms with Gasteiger partial charge in [-0.3, -0.25) is 0 Å². The summed E-state index contributed by atoms with van der Waals surface area (Å²) in [5.74, 6) is 1.73. The molecule has 100 valence electrons. The number of halogens is 3. The molecule has 0 fully saturated rings. The van der Waals surface area contributed by atoms with Crippen LogP contribution in [-0.4, -0.2) is 24.2 Å². The Morgan fingerprint density at radius 1 is 1.05 bits per heavy atom. The third kappa shape index (κ3) is 3.01. The van der Waals surface area contributed by atoms with Crippen LogP contribution in [0.25, 0.3) is 11.4 Å². The highest BCUT2D eigenvalue weighted by molar-refractivity contribution is 9.11. The molecular weight excluding hydrogens is 399 g/mol. The first kappa shape index (κ1) is 14.6. The van der Waals surface area contributed by atoms with E-state index in [0.717, 1.165) is 10.0 Å². The van der Waals surface area contributed by atoms with Gasteiger partial charge in [-0.2, -0.15) is 0 Å². The fourth-order valence-electron chi connectivity index (χ4n) is 1.50. The second-order valence-electron chi connectivity index (χ2n) is 3.52. The summed E-state index contributed by atoms with van der Waals surface area (Å²) >= 11 is 12.7. The predicted octanol–water partition coefficient (Wildman–Crippen LogP) is 4.34. The Labute approximate surface area is 132 Å². The number of hydrogen-bond donors (Lipinski definition) is 0. The monoisotopic (exact) mass is 406 g/mol. The number of nitrogens with zero attached hydrogens (tertiary/aromatic N) is 2. The van der Waals surface area contributed by atoms with E-state index < -0.39 is 0 Å². The fraction of sp³-hybridized carbons (Fsp3) is 0.167. The molecule has 1 aromatic carbocycles. The minimum absolute atomic E-state index is 0.353. The number of ether oxygens (including phenoxy) is 2. The number of rotatable bonds is 3. The summed E-state index contributed by atoms with van der Waals surface area (Å²) in [4.78, 5) is 8.45. The zero-order chi connectivity index (χ0) is 14.0. The van der Waals surface area contributed by atoms with Crippen molar-refractivity contribution in [2.24, 2.45) is 0 Å². The average Bonchev–Trinajstić information content (AvgIpc) is 2.41. The first-order valence-electron chi connectivity index (χ1n) is 5.16. The van der Waals surface area contributed by atoms with Gasteiger partial charge in [0.15, 0.2) is 17.3 Å². The van der Waals surface area contributed by atoms with Crippen molar-refractivity contribution in [3.8, 4) is 22.9 Å². The van der Waals surface area contributed by atoms with Crippen LogP contribution in [0.5, 0.6) is 11.5 Å². The van der Waals surface area contributed by atoms with Gasteiger partial charge in [-0.05, 0) is 44.0 Å². The van der Waals surface area contributed by atoms with Gasteiger partial charge in [0.2, 0.25) is 0 Å². The van der Waals surface area contributed by atoms with E-state index in [1.54, 1.807) is 32.5 Å². The fourth-order valence-corrected chi connectivity index (χ4v) is 2.32. The van der Waals surface area contributed by atoms with Crippen LogP contribution in [0, 0.1) is 0 Å². The van der Waals surface area contributed by atoms with E-state index in [9.17, 15) is 0 Å². The molecule has 7 heteroatoms. The molecule has 4 nitrogen and oxygen atoms in total. The van der Waals surface area contributed by atoms with Crippen molar-refractivity contribution < 1.29 is 9.47 Å². The highest BCUT2D eigenvalue weighted by Gasteiger charge is 2.14. The normalized spacial score (nSPS) is 10.4. The van der Waals surface area contributed by atoms with Crippen LogP contribution in [-0.2, 0) is 0 Å². The molecule has 0 aliphatic rings. The molecule has 0 bridgehead atoms. The molecular formula is C12H9Br2ClN2O2. The SMILES string of the molecule is COc1cc(Br)c(-c2ncc(Br)c(Cl)n2)cc1OC. The molecule has 1 aromatic heterocycles. The summed E-state index contributed by atoms with van der Waals surface area (Å²) in [6.45, 7) is 0. The van der Waals surface area contributed by atoms with E-state index in [0.29, 0.717) is 26.9 Å². The Balaban J connectivity index is 2.58. The molecule has 0 radical (unpaired) electrons. The van der Waals surface area contributed by atoms with E-state index in [2.05, 4.69) is 41.8 Å². The topological polar surface area (TPSA) is 44.2 Å². The van der Waals surface area contributed by atoms with Crippen LogP contribution < -0.4 is 9.47 Å². The molecule has 0 spiro atoms. The number of hydrogen-bond acceptors (Lipinski definition) is 4. The number of methoxy groups -OCH3 is 2. The molecule has 0 aliphatic carbocycles. The Kier molecular flexibility index (Phi) is 4.65. The van der Waals surface area contributed by atoms with Crippen molar-refractivity contribution in [1.29, 1.82) is 0 Å². The predicted molar refractivity (Wildman–Crippen MR) is 81.0 cm³/mol. The van der Waals surface area contributed by atoms with Crippen molar-refractivity contribution in [2.45, 2.75) is 0 Å². The zero-order valence-corrected chi connectivity index (χ0v) is 14.0. The maximum absolute atomic E-state index is 5.98. The maximum Gasteiger partial charge on any atom is 0.162 e. The largest absolute Gasteiger partial charge is 0.493 e. The zero-order valence-electron chi connectivity index (χ0n) is 10.1. The average molecular weight is 408 g/mol. The minimum Gasteiger partial charge on any atom is -0.493 e. The van der Waals surface area contributed by atoms with Crippen LogP contribution in [0.2, 0.25) is 5.15 Å². The first-order chi connectivity index (χ1) is 9.06. The quantitative estimate of drug-likeness (QED) is 0.709. The van der Waals surface area contributed by atoms with Gasteiger partial charge in [-0.1, -0.05) is 11.6 Å². The highest BCUT2D eigenvalue weighted by Crippen LogP contribution is 2.37. The van der Waals surface area contributed by atoms with E-state index in [-0.39, 0.29) is 0 Å². The van der Waals surface area contributed by atoms with E-state index in [4.69, 9.17) is 21.1 Å². The summed E-state index contributed by atoms with van der Waals surface area (Å²) in [5.41, 5.74) is 0.770. The van der Waals surface area contributed by atoms with Crippen LogP contribution in [0.15, 0.2) is 27.3 Å². The molecule has 0 saturated carbocycles. The molecule has 2 aromatic rings. The van der Waals surface area contributed by atoms with Gasteiger partial charge in [-0.25, -0.2) is 9.97 Å². The summed E-state index contributed by atoms with van der Waals surface area (Å²) in [7, 11) is 3.15. The lowest BCUT2D eigenvalue weighted by Gasteiger charge is -2.11. The molecule has 0 saturated heterocycles. The van der Waals surface area contributed by atoms with Crippen LogP contribution in [0.3, 0.4) is 0 Å². The second-order valence-corrected chi connectivity index (χ2v) is 5.59. The van der Waals surface area contributed by atoms with Crippen molar-refractivity contribution in [1.82, 2.24) is 9.97 Å². The van der Waals surface area contributed by atoms with Crippen molar-refractivity contribution >= 4 is 43.5 Å². The molecule has 1 heterocycles. The minimum atomic E-state index is 0.353. The second kappa shape index (κ2) is 6.07. The van der Waals surface area contributed by atoms with Crippen LogP contribution >= 0.6 is 43.5 Å². The first-order valence-corrected chi connectivity index (χ1v) is 7.13.